The van der Waals surface area contributed by atoms with Gasteiger partial charge in [-0.3, -0.25) is 4.98 Å². The molecule has 2 aromatic rings. The van der Waals surface area contributed by atoms with Crippen LogP contribution in [-0.4, -0.2) is 43.3 Å². The van der Waals surface area contributed by atoms with Crippen LogP contribution in [0.4, 0.5) is 5.82 Å². The molecule has 0 aliphatic carbocycles. The van der Waals surface area contributed by atoms with Gasteiger partial charge in [0.05, 0.1) is 23.0 Å². The van der Waals surface area contributed by atoms with Crippen molar-refractivity contribution in [2.45, 2.75) is 32.2 Å². The van der Waals surface area contributed by atoms with Crippen molar-refractivity contribution in [3.8, 4) is 0 Å². The summed E-state index contributed by atoms with van der Waals surface area (Å²) >= 11 is 0. The third-order valence-electron chi connectivity index (χ3n) is 4.07. The van der Waals surface area contributed by atoms with E-state index in [9.17, 15) is 8.42 Å². The van der Waals surface area contributed by atoms with Crippen molar-refractivity contribution in [1.29, 1.82) is 0 Å². The highest BCUT2D eigenvalue weighted by Crippen LogP contribution is 2.20. The van der Waals surface area contributed by atoms with Crippen LogP contribution in [0.2, 0.25) is 0 Å². The topological polar surface area (TPSA) is 75.2 Å². The number of hydrogen-bond donors (Lipinski definition) is 1. The van der Waals surface area contributed by atoms with Gasteiger partial charge in [-0.15, -0.1) is 0 Å². The summed E-state index contributed by atoms with van der Waals surface area (Å²) in [5.41, 5.74) is 1.77. The third kappa shape index (κ3) is 3.97. The van der Waals surface area contributed by atoms with E-state index in [0.717, 1.165) is 42.8 Å². The molecule has 0 spiro atoms. The number of fused-ring (bicyclic) bond motifs is 1. The highest BCUT2D eigenvalue weighted by molar-refractivity contribution is 7.89. The van der Waals surface area contributed by atoms with Gasteiger partial charge in [-0.2, -0.15) is 0 Å². The normalized spacial score (nSPS) is 16.8. The fourth-order valence-corrected chi connectivity index (χ4v) is 4.31. The molecule has 7 heteroatoms. The number of benzene rings is 1. The first kappa shape index (κ1) is 16.1. The molecule has 1 aromatic heterocycles. The molecule has 1 saturated heterocycles. The Hall–Kier alpha value is -1.73. The van der Waals surface area contributed by atoms with Crippen LogP contribution >= 0.6 is 0 Å². The van der Waals surface area contributed by atoms with Gasteiger partial charge in [0.1, 0.15) is 5.82 Å². The lowest BCUT2D eigenvalue weighted by molar-refractivity contribution is 0.458. The molecule has 0 unspecified atom stereocenters. The van der Waals surface area contributed by atoms with E-state index in [-0.39, 0.29) is 11.8 Å². The highest BCUT2D eigenvalue weighted by atomic mass is 32.2. The number of anilines is 1. The summed E-state index contributed by atoms with van der Waals surface area (Å²) in [5, 5.41) is 0. The number of nitrogens with one attached hydrogen (secondary N) is 1. The molecule has 1 N–H and O–H groups in total. The van der Waals surface area contributed by atoms with Crippen LogP contribution in [0, 0.1) is 0 Å². The Balaban J connectivity index is 1.64. The van der Waals surface area contributed by atoms with Gasteiger partial charge >= 0.3 is 0 Å². The summed E-state index contributed by atoms with van der Waals surface area (Å²) in [6.07, 6.45) is 4.01. The molecule has 124 valence electrons. The molecule has 1 aromatic carbocycles. The fraction of sp³-hybridized carbons (Fsp3) is 0.500. The van der Waals surface area contributed by atoms with Crippen molar-refractivity contribution in [3.05, 3.63) is 30.5 Å². The van der Waals surface area contributed by atoms with Gasteiger partial charge in [0.15, 0.2) is 0 Å². The zero-order chi connectivity index (χ0) is 16.3. The second kappa shape index (κ2) is 6.80. The average Bonchev–Trinajstić information content (AvgIpc) is 2.54. The van der Waals surface area contributed by atoms with E-state index in [1.165, 1.54) is 0 Å². The zero-order valence-electron chi connectivity index (χ0n) is 13.3. The van der Waals surface area contributed by atoms with Crippen LogP contribution in [0.25, 0.3) is 11.0 Å². The Bertz CT molecular complexity index is 770. The second-order valence-corrected chi connectivity index (χ2v) is 7.79. The van der Waals surface area contributed by atoms with Crippen LogP contribution in [0.3, 0.4) is 0 Å². The molecule has 0 saturated carbocycles. The minimum absolute atomic E-state index is 0.0243. The van der Waals surface area contributed by atoms with E-state index in [2.05, 4.69) is 19.6 Å². The lowest BCUT2D eigenvalue weighted by Crippen LogP contribution is -2.45. The quantitative estimate of drug-likeness (QED) is 0.904. The number of hydrogen-bond acceptors (Lipinski definition) is 5. The van der Waals surface area contributed by atoms with Crippen LogP contribution in [0.15, 0.2) is 30.5 Å². The fourth-order valence-electron chi connectivity index (χ4n) is 2.91. The van der Waals surface area contributed by atoms with Crippen molar-refractivity contribution in [1.82, 2.24) is 14.7 Å². The van der Waals surface area contributed by atoms with Crippen molar-refractivity contribution in [2.75, 3.05) is 23.7 Å². The summed E-state index contributed by atoms with van der Waals surface area (Å²) in [4.78, 5) is 11.3. The Morgan fingerprint density at radius 3 is 2.61 bits per heavy atom. The summed E-state index contributed by atoms with van der Waals surface area (Å²) in [6, 6.07) is 7.83. The first-order chi connectivity index (χ1) is 11.1. The van der Waals surface area contributed by atoms with Crippen molar-refractivity contribution in [2.24, 2.45) is 0 Å². The minimum Gasteiger partial charge on any atom is -0.355 e. The predicted molar refractivity (Wildman–Crippen MR) is 92.0 cm³/mol. The average molecular weight is 334 g/mol. The molecule has 1 aliphatic rings. The molecule has 6 nitrogen and oxygen atoms in total. The van der Waals surface area contributed by atoms with Gasteiger partial charge in [0.2, 0.25) is 10.0 Å². The molecule has 0 amide bonds. The lowest BCUT2D eigenvalue weighted by atomic mass is 10.1. The van der Waals surface area contributed by atoms with Crippen LogP contribution < -0.4 is 9.62 Å². The Labute approximate surface area is 137 Å². The molecule has 2 heterocycles. The van der Waals surface area contributed by atoms with Crippen LogP contribution in [-0.2, 0) is 10.0 Å². The van der Waals surface area contributed by atoms with Gasteiger partial charge in [0, 0.05) is 19.1 Å². The van der Waals surface area contributed by atoms with Gasteiger partial charge < -0.3 is 4.90 Å². The number of para-hydroxylation sites is 2. The molecule has 23 heavy (non-hydrogen) atoms. The predicted octanol–water partition coefficient (Wildman–Crippen LogP) is 1.93. The molecule has 0 bridgehead atoms. The summed E-state index contributed by atoms with van der Waals surface area (Å²) in [5.74, 6) is 1.06. The van der Waals surface area contributed by atoms with Crippen molar-refractivity contribution < 1.29 is 8.42 Å². The molecule has 3 rings (SSSR count). The molecule has 0 radical (unpaired) electrons. The van der Waals surface area contributed by atoms with Gasteiger partial charge in [0.25, 0.3) is 0 Å². The first-order valence-corrected chi connectivity index (χ1v) is 9.69. The van der Waals surface area contributed by atoms with E-state index in [0.29, 0.717) is 6.42 Å². The Morgan fingerprint density at radius 1 is 1.22 bits per heavy atom. The third-order valence-corrected chi connectivity index (χ3v) is 5.71. The number of sulfonamides is 1. The van der Waals surface area contributed by atoms with Gasteiger partial charge in [-0.05, 0) is 31.4 Å². The maximum Gasteiger partial charge on any atom is 0.211 e. The Kier molecular flexibility index (Phi) is 4.77. The van der Waals surface area contributed by atoms with E-state index < -0.39 is 10.0 Å². The number of piperidine rings is 1. The smallest absolute Gasteiger partial charge is 0.211 e. The van der Waals surface area contributed by atoms with Gasteiger partial charge in [-0.25, -0.2) is 18.1 Å². The summed E-state index contributed by atoms with van der Waals surface area (Å²) in [7, 11) is -3.14. The van der Waals surface area contributed by atoms with Crippen LogP contribution in [0.1, 0.15) is 26.2 Å². The maximum absolute atomic E-state index is 11.8. The second-order valence-electron chi connectivity index (χ2n) is 5.91. The maximum atomic E-state index is 11.8. The molecule has 0 atom stereocenters. The number of aromatic nitrogens is 2. The van der Waals surface area contributed by atoms with Crippen molar-refractivity contribution in [3.63, 3.8) is 0 Å². The van der Waals surface area contributed by atoms with Gasteiger partial charge in [-0.1, -0.05) is 19.1 Å². The van der Waals surface area contributed by atoms with E-state index in [1.807, 2.05) is 31.2 Å². The largest absolute Gasteiger partial charge is 0.355 e. The zero-order valence-corrected chi connectivity index (χ0v) is 14.1. The highest BCUT2D eigenvalue weighted by Gasteiger charge is 2.24. The van der Waals surface area contributed by atoms with E-state index in [1.54, 1.807) is 6.20 Å². The Morgan fingerprint density at radius 2 is 1.91 bits per heavy atom. The molecule has 1 fully saturated rings. The van der Waals surface area contributed by atoms with Crippen LogP contribution in [0.5, 0.6) is 0 Å². The number of nitrogens with zero attached hydrogens (tertiary/aromatic N) is 3. The first-order valence-electron chi connectivity index (χ1n) is 8.04. The lowest BCUT2D eigenvalue weighted by Gasteiger charge is -2.32. The molecular formula is C16H22N4O2S. The molecule has 1 aliphatic heterocycles. The minimum atomic E-state index is -3.14. The summed E-state index contributed by atoms with van der Waals surface area (Å²) in [6.45, 7) is 3.44. The standard InChI is InChI=1S/C16H22N4O2S/c1-2-11-23(21,22)19-13-7-9-20(10-8-13)16-12-17-14-5-3-4-6-15(14)18-16/h3-6,12-13,19H,2,7-11H2,1H3. The van der Waals surface area contributed by atoms with E-state index in [4.69, 9.17) is 0 Å². The SMILES string of the molecule is CCCS(=O)(=O)NC1CCN(c2cnc3ccccc3n2)CC1. The monoisotopic (exact) mass is 334 g/mol. The van der Waals surface area contributed by atoms with E-state index >= 15 is 0 Å². The summed E-state index contributed by atoms with van der Waals surface area (Å²) < 4.78 is 26.5. The number of rotatable bonds is 5. The van der Waals surface area contributed by atoms with Crippen molar-refractivity contribution >= 4 is 26.9 Å². The molecular weight excluding hydrogens is 312 g/mol.